The molecule has 0 amide bonds. The van der Waals surface area contributed by atoms with Crippen molar-refractivity contribution in [2.24, 2.45) is 0 Å². The first-order valence-corrected chi connectivity index (χ1v) is 7.68. The molecule has 0 aliphatic carbocycles. The molecule has 96 valence electrons. The van der Waals surface area contributed by atoms with Gasteiger partial charge in [-0.05, 0) is 44.5 Å². The lowest BCUT2D eigenvalue weighted by Crippen LogP contribution is -2.45. The van der Waals surface area contributed by atoms with Gasteiger partial charge in [0.25, 0.3) is 0 Å². The van der Waals surface area contributed by atoms with Crippen LogP contribution in [0.2, 0.25) is 4.34 Å². The Labute approximate surface area is 113 Å². The Bertz CT molecular complexity index is 334. The van der Waals surface area contributed by atoms with Gasteiger partial charge < -0.3 is 5.32 Å². The molecule has 1 fully saturated rings. The van der Waals surface area contributed by atoms with Crippen LogP contribution in [0.3, 0.4) is 0 Å². The second-order valence-electron chi connectivity index (χ2n) is 4.68. The molecule has 17 heavy (non-hydrogen) atoms. The number of hydrogen-bond donors (Lipinski definition) is 1. The molecule has 4 heteroatoms. The van der Waals surface area contributed by atoms with Gasteiger partial charge in [0.2, 0.25) is 0 Å². The summed E-state index contributed by atoms with van der Waals surface area (Å²) in [6.07, 6.45) is 3.85. The highest BCUT2D eigenvalue weighted by molar-refractivity contribution is 7.16. The first-order valence-electron chi connectivity index (χ1n) is 6.48. The predicted octanol–water partition coefficient (Wildman–Crippen LogP) is 3.37. The highest BCUT2D eigenvalue weighted by atomic mass is 35.5. The average Bonchev–Trinajstić information content (AvgIpc) is 2.75. The molecule has 2 nitrogen and oxygen atoms in total. The highest BCUT2D eigenvalue weighted by Crippen LogP contribution is 2.24. The van der Waals surface area contributed by atoms with Crippen LogP contribution >= 0.6 is 22.9 Å². The van der Waals surface area contributed by atoms with Gasteiger partial charge in [0.1, 0.15) is 0 Å². The molecule has 2 heterocycles. The average molecular weight is 273 g/mol. The van der Waals surface area contributed by atoms with E-state index in [1.807, 2.05) is 6.07 Å². The Kier molecular flexibility index (Phi) is 5.29. The van der Waals surface area contributed by atoms with Gasteiger partial charge in [-0.15, -0.1) is 11.3 Å². The van der Waals surface area contributed by atoms with E-state index in [9.17, 15) is 0 Å². The number of thiophene rings is 1. The molecule has 0 bridgehead atoms. The second kappa shape index (κ2) is 6.74. The van der Waals surface area contributed by atoms with Crippen LogP contribution in [0.5, 0.6) is 0 Å². The van der Waals surface area contributed by atoms with E-state index in [2.05, 4.69) is 23.2 Å². The molecule has 1 aliphatic rings. The van der Waals surface area contributed by atoms with Crippen molar-refractivity contribution in [3.63, 3.8) is 0 Å². The third-order valence-electron chi connectivity index (χ3n) is 3.29. The van der Waals surface area contributed by atoms with Crippen LogP contribution in [0, 0.1) is 0 Å². The van der Waals surface area contributed by atoms with Gasteiger partial charge in [-0.3, -0.25) is 4.90 Å². The number of piperidine rings is 1. The zero-order valence-corrected chi connectivity index (χ0v) is 12.0. The monoisotopic (exact) mass is 272 g/mol. The quantitative estimate of drug-likeness (QED) is 0.884. The minimum atomic E-state index is 0.699. The van der Waals surface area contributed by atoms with E-state index >= 15 is 0 Å². The van der Waals surface area contributed by atoms with E-state index in [0.717, 1.165) is 17.4 Å². The Morgan fingerprint density at radius 2 is 2.41 bits per heavy atom. The maximum absolute atomic E-state index is 5.99. The van der Waals surface area contributed by atoms with Gasteiger partial charge in [0, 0.05) is 24.0 Å². The lowest BCUT2D eigenvalue weighted by atomic mass is 10.1. The Morgan fingerprint density at radius 3 is 3.00 bits per heavy atom. The van der Waals surface area contributed by atoms with Crippen LogP contribution < -0.4 is 5.32 Å². The maximum Gasteiger partial charge on any atom is 0.0931 e. The summed E-state index contributed by atoms with van der Waals surface area (Å²) in [7, 11) is 0. The van der Waals surface area contributed by atoms with Gasteiger partial charge in [0.05, 0.1) is 4.34 Å². The number of rotatable bonds is 5. The van der Waals surface area contributed by atoms with Gasteiger partial charge in [-0.2, -0.15) is 0 Å². The van der Waals surface area contributed by atoms with Crippen molar-refractivity contribution in [2.75, 3.05) is 19.6 Å². The fourth-order valence-corrected chi connectivity index (χ4v) is 3.57. The summed E-state index contributed by atoms with van der Waals surface area (Å²) in [6.45, 7) is 6.81. The topological polar surface area (TPSA) is 15.3 Å². The molecule has 1 unspecified atom stereocenters. The molecule has 1 aliphatic heterocycles. The van der Waals surface area contributed by atoms with Crippen molar-refractivity contribution in [3.8, 4) is 0 Å². The number of hydrogen-bond acceptors (Lipinski definition) is 3. The second-order valence-corrected chi connectivity index (χ2v) is 6.48. The van der Waals surface area contributed by atoms with E-state index in [1.54, 1.807) is 11.3 Å². The van der Waals surface area contributed by atoms with E-state index in [4.69, 9.17) is 11.6 Å². The molecule has 0 spiro atoms. The molecule has 1 aromatic heterocycles. The van der Waals surface area contributed by atoms with Crippen molar-refractivity contribution >= 4 is 22.9 Å². The fourth-order valence-electron chi connectivity index (χ4n) is 2.46. The first kappa shape index (κ1) is 13.3. The Morgan fingerprint density at radius 1 is 1.53 bits per heavy atom. The SMILES string of the molecule is CCCN(Cc1ccc(Cl)s1)C1CCCNC1. The summed E-state index contributed by atoms with van der Waals surface area (Å²) in [5.74, 6) is 0. The molecule has 1 atom stereocenters. The summed E-state index contributed by atoms with van der Waals surface area (Å²) in [5, 5.41) is 3.50. The third-order valence-corrected chi connectivity index (χ3v) is 4.50. The van der Waals surface area contributed by atoms with E-state index < -0.39 is 0 Å². The molecule has 2 rings (SSSR count). The van der Waals surface area contributed by atoms with Crippen LogP contribution in [-0.4, -0.2) is 30.6 Å². The van der Waals surface area contributed by atoms with Crippen molar-refractivity contribution in [1.29, 1.82) is 0 Å². The minimum absolute atomic E-state index is 0.699. The van der Waals surface area contributed by atoms with Gasteiger partial charge in [0.15, 0.2) is 0 Å². The summed E-state index contributed by atoms with van der Waals surface area (Å²) < 4.78 is 0.901. The van der Waals surface area contributed by atoms with Crippen molar-refractivity contribution in [1.82, 2.24) is 10.2 Å². The molecule has 1 aromatic rings. The summed E-state index contributed by atoms with van der Waals surface area (Å²) in [5.41, 5.74) is 0. The van der Waals surface area contributed by atoms with Gasteiger partial charge >= 0.3 is 0 Å². The predicted molar refractivity (Wildman–Crippen MR) is 75.9 cm³/mol. The summed E-state index contributed by atoms with van der Waals surface area (Å²) >= 11 is 7.70. The molecule has 1 N–H and O–H groups in total. The molecule has 0 radical (unpaired) electrons. The van der Waals surface area contributed by atoms with E-state index in [-0.39, 0.29) is 0 Å². The zero-order valence-electron chi connectivity index (χ0n) is 10.4. The first-order chi connectivity index (χ1) is 8.29. The normalized spacial score (nSPS) is 21.0. The summed E-state index contributed by atoms with van der Waals surface area (Å²) in [6, 6.07) is 4.86. The summed E-state index contributed by atoms with van der Waals surface area (Å²) in [4.78, 5) is 3.99. The number of halogens is 1. The maximum atomic E-state index is 5.99. The number of nitrogens with one attached hydrogen (secondary N) is 1. The van der Waals surface area contributed by atoms with Crippen LogP contribution in [-0.2, 0) is 6.54 Å². The third kappa shape index (κ3) is 3.95. The number of nitrogens with zero attached hydrogens (tertiary/aromatic N) is 1. The van der Waals surface area contributed by atoms with Crippen LogP contribution in [0.4, 0.5) is 0 Å². The van der Waals surface area contributed by atoms with Crippen LogP contribution in [0.25, 0.3) is 0 Å². The lowest BCUT2D eigenvalue weighted by molar-refractivity contribution is 0.159. The standard InChI is InChI=1S/C13H21ClN2S/c1-2-8-16(11-4-3-7-15-9-11)10-12-5-6-13(14)17-12/h5-6,11,15H,2-4,7-10H2,1H3. The Balaban J connectivity index is 1.95. The largest absolute Gasteiger partial charge is 0.315 e. The van der Waals surface area contributed by atoms with Crippen molar-refractivity contribution in [3.05, 3.63) is 21.3 Å². The Hall–Kier alpha value is -0.0900. The fraction of sp³-hybridized carbons (Fsp3) is 0.692. The molecule has 0 saturated carbocycles. The van der Waals surface area contributed by atoms with E-state index in [0.29, 0.717) is 6.04 Å². The van der Waals surface area contributed by atoms with Crippen LogP contribution in [0.15, 0.2) is 12.1 Å². The molecular weight excluding hydrogens is 252 g/mol. The van der Waals surface area contributed by atoms with Crippen LogP contribution in [0.1, 0.15) is 31.1 Å². The van der Waals surface area contributed by atoms with E-state index in [1.165, 1.54) is 37.2 Å². The molecular formula is C13H21ClN2S. The van der Waals surface area contributed by atoms with Gasteiger partial charge in [-0.25, -0.2) is 0 Å². The zero-order chi connectivity index (χ0) is 12.1. The van der Waals surface area contributed by atoms with Crippen molar-refractivity contribution in [2.45, 2.75) is 38.8 Å². The highest BCUT2D eigenvalue weighted by Gasteiger charge is 2.20. The lowest BCUT2D eigenvalue weighted by Gasteiger charge is -2.34. The smallest absolute Gasteiger partial charge is 0.0931 e. The van der Waals surface area contributed by atoms with Crippen molar-refractivity contribution < 1.29 is 0 Å². The minimum Gasteiger partial charge on any atom is -0.315 e. The molecule has 0 aromatic carbocycles. The molecule has 1 saturated heterocycles. The van der Waals surface area contributed by atoms with Gasteiger partial charge in [-0.1, -0.05) is 18.5 Å².